The second-order valence-corrected chi connectivity index (χ2v) is 5.43. The molecular formula is C13H25N5O2S. The van der Waals surface area contributed by atoms with Gasteiger partial charge in [-0.3, -0.25) is 4.98 Å². The van der Waals surface area contributed by atoms with E-state index in [2.05, 4.69) is 26.3 Å². The van der Waals surface area contributed by atoms with Crippen LogP contribution in [0.25, 0.3) is 0 Å². The molecule has 0 saturated carbocycles. The fraction of sp³-hybridized carbons (Fsp3) is 0.692. The number of hydrogen-bond donors (Lipinski definition) is 4. The molecule has 1 heterocycles. The SMILES string of the molecule is CNCNCCNCCCCNC(=O)OCc1cncs1. The Morgan fingerprint density at radius 1 is 1.24 bits per heavy atom. The molecule has 1 amide bonds. The molecule has 0 aliphatic carbocycles. The maximum atomic E-state index is 11.4. The first-order chi connectivity index (χ1) is 10.3. The number of carbonyl (C=O) groups excluding carboxylic acids is 1. The van der Waals surface area contributed by atoms with Gasteiger partial charge < -0.3 is 26.0 Å². The lowest BCUT2D eigenvalue weighted by atomic mass is 10.3. The number of amides is 1. The normalized spacial score (nSPS) is 10.5. The zero-order valence-electron chi connectivity index (χ0n) is 12.5. The smallest absolute Gasteiger partial charge is 0.407 e. The number of hydrogen-bond acceptors (Lipinski definition) is 7. The molecular weight excluding hydrogens is 290 g/mol. The summed E-state index contributed by atoms with van der Waals surface area (Å²) in [7, 11) is 1.91. The van der Waals surface area contributed by atoms with E-state index in [4.69, 9.17) is 4.74 Å². The van der Waals surface area contributed by atoms with Crippen molar-refractivity contribution in [1.82, 2.24) is 26.3 Å². The van der Waals surface area contributed by atoms with Gasteiger partial charge in [-0.25, -0.2) is 4.79 Å². The van der Waals surface area contributed by atoms with E-state index in [0.717, 1.165) is 44.0 Å². The number of aromatic nitrogens is 1. The molecule has 0 atom stereocenters. The van der Waals surface area contributed by atoms with Gasteiger partial charge in [0.2, 0.25) is 0 Å². The van der Waals surface area contributed by atoms with Crippen LogP contribution in [-0.2, 0) is 11.3 Å². The minimum atomic E-state index is -0.368. The highest BCUT2D eigenvalue weighted by atomic mass is 32.1. The number of unbranched alkanes of at least 4 members (excludes halogenated alkanes) is 1. The summed E-state index contributed by atoms with van der Waals surface area (Å²) >= 11 is 1.48. The summed E-state index contributed by atoms with van der Waals surface area (Å²) in [6.45, 7) is 4.61. The Morgan fingerprint density at radius 3 is 2.81 bits per heavy atom. The molecule has 0 unspecified atom stereocenters. The van der Waals surface area contributed by atoms with Gasteiger partial charge in [0, 0.05) is 32.5 Å². The minimum Gasteiger partial charge on any atom is -0.444 e. The van der Waals surface area contributed by atoms with E-state index in [9.17, 15) is 4.79 Å². The lowest BCUT2D eigenvalue weighted by molar-refractivity contribution is 0.140. The molecule has 7 nitrogen and oxygen atoms in total. The number of thiazole rings is 1. The lowest BCUT2D eigenvalue weighted by Crippen LogP contribution is -2.33. The molecule has 0 aliphatic heterocycles. The molecule has 0 fully saturated rings. The molecule has 0 spiro atoms. The third-order valence-corrected chi connectivity index (χ3v) is 3.41. The summed E-state index contributed by atoms with van der Waals surface area (Å²) < 4.78 is 5.06. The average molecular weight is 315 g/mol. The average Bonchev–Trinajstić information content (AvgIpc) is 3.00. The Kier molecular flexibility index (Phi) is 10.6. The Morgan fingerprint density at radius 2 is 2.05 bits per heavy atom. The predicted octanol–water partition coefficient (Wildman–Crippen LogP) is 0.506. The van der Waals surface area contributed by atoms with Gasteiger partial charge in [0.15, 0.2) is 0 Å². The van der Waals surface area contributed by atoms with Crippen molar-refractivity contribution in [2.24, 2.45) is 0 Å². The van der Waals surface area contributed by atoms with Gasteiger partial charge >= 0.3 is 6.09 Å². The molecule has 1 rings (SSSR count). The number of ether oxygens (including phenoxy) is 1. The Labute approximate surface area is 129 Å². The first-order valence-corrected chi connectivity index (χ1v) is 8.05. The lowest BCUT2D eigenvalue weighted by Gasteiger charge is -2.07. The molecule has 21 heavy (non-hydrogen) atoms. The zero-order valence-corrected chi connectivity index (χ0v) is 13.3. The Bertz CT molecular complexity index is 361. The van der Waals surface area contributed by atoms with Crippen LogP contribution in [0.3, 0.4) is 0 Å². The van der Waals surface area contributed by atoms with Gasteiger partial charge in [-0.15, -0.1) is 11.3 Å². The molecule has 120 valence electrons. The summed E-state index contributed by atoms with van der Waals surface area (Å²) in [4.78, 5) is 16.3. The van der Waals surface area contributed by atoms with Gasteiger partial charge in [0.1, 0.15) is 6.61 Å². The Hall–Kier alpha value is -1.22. The summed E-state index contributed by atoms with van der Waals surface area (Å²) in [5.74, 6) is 0. The van der Waals surface area contributed by atoms with Crippen molar-refractivity contribution in [3.05, 3.63) is 16.6 Å². The van der Waals surface area contributed by atoms with E-state index in [1.165, 1.54) is 11.3 Å². The van der Waals surface area contributed by atoms with Crippen LogP contribution in [0.1, 0.15) is 17.7 Å². The van der Waals surface area contributed by atoms with Crippen LogP contribution in [-0.4, -0.2) is 51.0 Å². The number of carbonyl (C=O) groups is 1. The first kappa shape index (κ1) is 17.8. The van der Waals surface area contributed by atoms with Crippen molar-refractivity contribution in [3.63, 3.8) is 0 Å². The van der Waals surface area contributed by atoms with Crippen LogP contribution >= 0.6 is 11.3 Å². The molecule has 0 radical (unpaired) electrons. The van der Waals surface area contributed by atoms with E-state index in [-0.39, 0.29) is 12.7 Å². The van der Waals surface area contributed by atoms with E-state index in [0.29, 0.717) is 6.54 Å². The maximum Gasteiger partial charge on any atom is 0.407 e. The molecule has 0 saturated heterocycles. The highest BCUT2D eigenvalue weighted by molar-refractivity contribution is 7.09. The fourth-order valence-corrected chi connectivity index (χ4v) is 2.09. The van der Waals surface area contributed by atoms with Gasteiger partial charge in [-0.2, -0.15) is 0 Å². The van der Waals surface area contributed by atoms with Gasteiger partial charge in [0.05, 0.1) is 10.4 Å². The first-order valence-electron chi connectivity index (χ1n) is 7.17. The van der Waals surface area contributed by atoms with Crippen molar-refractivity contribution in [3.8, 4) is 0 Å². The molecule has 8 heteroatoms. The Balaban J connectivity index is 1.82. The highest BCUT2D eigenvalue weighted by Crippen LogP contribution is 2.06. The molecule has 0 bridgehead atoms. The van der Waals surface area contributed by atoms with Crippen LogP contribution in [0.2, 0.25) is 0 Å². The molecule has 4 N–H and O–H groups in total. The third kappa shape index (κ3) is 10.2. The van der Waals surface area contributed by atoms with Crippen LogP contribution in [0.15, 0.2) is 11.7 Å². The van der Waals surface area contributed by atoms with Crippen molar-refractivity contribution in [1.29, 1.82) is 0 Å². The summed E-state index contributed by atoms with van der Waals surface area (Å²) in [5, 5.41) is 12.3. The fourth-order valence-electron chi connectivity index (χ4n) is 1.58. The number of rotatable bonds is 12. The van der Waals surface area contributed by atoms with Gasteiger partial charge in [-0.05, 0) is 26.4 Å². The monoisotopic (exact) mass is 315 g/mol. The maximum absolute atomic E-state index is 11.4. The standard InChI is InChI=1S/C13H25N5O2S/c1-14-10-16-7-6-15-4-2-3-5-18-13(19)20-9-12-8-17-11-21-12/h8,11,14-16H,2-7,9-10H2,1H3,(H,18,19). The summed E-state index contributed by atoms with van der Waals surface area (Å²) in [5.41, 5.74) is 1.72. The molecule has 0 aliphatic rings. The zero-order chi connectivity index (χ0) is 15.2. The molecule has 0 aromatic carbocycles. The van der Waals surface area contributed by atoms with Crippen molar-refractivity contribution in [2.45, 2.75) is 19.4 Å². The van der Waals surface area contributed by atoms with Crippen LogP contribution in [0.4, 0.5) is 4.79 Å². The van der Waals surface area contributed by atoms with Gasteiger partial charge in [-0.1, -0.05) is 0 Å². The number of nitrogens with one attached hydrogen (secondary N) is 4. The predicted molar refractivity (Wildman–Crippen MR) is 84.3 cm³/mol. The highest BCUT2D eigenvalue weighted by Gasteiger charge is 2.02. The van der Waals surface area contributed by atoms with Gasteiger partial charge in [0.25, 0.3) is 0 Å². The van der Waals surface area contributed by atoms with Crippen LogP contribution in [0, 0.1) is 0 Å². The number of nitrogens with zero attached hydrogens (tertiary/aromatic N) is 1. The van der Waals surface area contributed by atoms with Crippen LogP contribution in [0.5, 0.6) is 0 Å². The van der Waals surface area contributed by atoms with Crippen molar-refractivity contribution in [2.75, 3.05) is 39.9 Å². The summed E-state index contributed by atoms with van der Waals surface area (Å²) in [6.07, 6.45) is 3.30. The number of alkyl carbamates (subject to hydrolysis) is 1. The van der Waals surface area contributed by atoms with Crippen molar-refractivity contribution < 1.29 is 9.53 Å². The van der Waals surface area contributed by atoms with E-state index in [1.54, 1.807) is 11.7 Å². The van der Waals surface area contributed by atoms with E-state index < -0.39 is 0 Å². The molecule has 1 aromatic rings. The van der Waals surface area contributed by atoms with E-state index >= 15 is 0 Å². The van der Waals surface area contributed by atoms with Crippen molar-refractivity contribution >= 4 is 17.4 Å². The topological polar surface area (TPSA) is 87.3 Å². The summed E-state index contributed by atoms with van der Waals surface area (Å²) in [6, 6.07) is 0. The largest absolute Gasteiger partial charge is 0.444 e. The second kappa shape index (κ2) is 12.5. The molecule has 1 aromatic heterocycles. The second-order valence-electron chi connectivity index (χ2n) is 4.46. The third-order valence-electron chi connectivity index (χ3n) is 2.66. The van der Waals surface area contributed by atoms with Crippen LogP contribution < -0.4 is 21.3 Å². The van der Waals surface area contributed by atoms with E-state index in [1.807, 2.05) is 7.05 Å². The quantitative estimate of drug-likeness (QED) is 0.332. The minimum absolute atomic E-state index is 0.289.